The van der Waals surface area contributed by atoms with Crippen LogP contribution in [0.15, 0.2) is 64.8 Å². The monoisotopic (exact) mass is 325 g/mol. The molecule has 1 fully saturated rings. The molecule has 5 nitrogen and oxygen atoms in total. The molecule has 1 aliphatic heterocycles. The fraction of sp³-hybridized carbons (Fsp3) is 0.118. The number of thioether (sulfide) groups is 1. The van der Waals surface area contributed by atoms with Crippen LogP contribution in [0.4, 0.5) is 0 Å². The van der Waals surface area contributed by atoms with Crippen molar-refractivity contribution >= 4 is 29.1 Å². The Kier molecular flexibility index (Phi) is 5.06. The summed E-state index contributed by atoms with van der Waals surface area (Å²) in [5.41, 5.74) is 2.00. The second-order valence-corrected chi connectivity index (χ2v) is 5.80. The first kappa shape index (κ1) is 15.3. The van der Waals surface area contributed by atoms with E-state index in [1.807, 2.05) is 54.6 Å². The number of hydrogen-bond donors (Lipinski definition) is 1. The lowest BCUT2D eigenvalue weighted by Gasteiger charge is -2.06. The summed E-state index contributed by atoms with van der Waals surface area (Å²) in [6.45, 7) is 0.520. The fourth-order valence-corrected chi connectivity index (χ4v) is 2.58. The number of amidine groups is 1. The number of nitrogens with zero attached hydrogens (tertiary/aromatic N) is 2. The number of amides is 1. The lowest BCUT2D eigenvalue weighted by molar-refractivity contribution is -0.116. The number of rotatable bonds is 5. The number of ether oxygens (including phenoxy) is 1. The quantitative estimate of drug-likeness (QED) is 0.679. The fourth-order valence-electron chi connectivity index (χ4n) is 1.95. The zero-order valence-corrected chi connectivity index (χ0v) is 13.1. The Bertz CT molecular complexity index is 745. The largest absolute Gasteiger partial charge is 0.489 e. The Balaban J connectivity index is 1.60. The van der Waals surface area contributed by atoms with E-state index >= 15 is 0 Å². The molecule has 23 heavy (non-hydrogen) atoms. The molecule has 2 aromatic rings. The molecule has 116 valence electrons. The van der Waals surface area contributed by atoms with Gasteiger partial charge in [0.2, 0.25) is 5.91 Å². The molecule has 1 amide bonds. The summed E-state index contributed by atoms with van der Waals surface area (Å²) in [7, 11) is 0. The van der Waals surface area contributed by atoms with Crippen LogP contribution in [-0.4, -0.2) is 23.0 Å². The number of carbonyl (C=O) groups excluding carboxylic acids is 1. The molecular formula is C17H15N3O2S. The standard InChI is InChI=1S/C17H15N3O2S/c21-16-12-23-17(19-16)20-18-10-14-7-4-8-15(9-14)22-11-13-5-2-1-3-6-13/h1-10H,11-12H2,(H,19,20,21)/b18-10-. The second kappa shape index (κ2) is 7.60. The van der Waals surface area contributed by atoms with Crippen LogP contribution in [0.2, 0.25) is 0 Å². The lowest BCUT2D eigenvalue weighted by Crippen LogP contribution is -2.19. The van der Waals surface area contributed by atoms with Gasteiger partial charge in [0.1, 0.15) is 12.4 Å². The Hall–Kier alpha value is -2.60. The maximum atomic E-state index is 11.0. The Morgan fingerprint density at radius 1 is 1.17 bits per heavy atom. The van der Waals surface area contributed by atoms with E-state index in [1.54, 1.807) is 6.21 Å². The zero-order valence-electron chi connectivity index (χ0n) is 12.3. The van der Waals surface area contributed by atoms with Gasteiger partial charge in [-0.05, 0) is 23.3 Å². The molecule has 1 aliphatic rings. The summed E-state index contributed by atoms with van der Waals surface area (Å²) in [5, 5.41) is 11.1. The first-order valence-electron chi connectivity index (χ1n) is 7.10. The van der Waals surface area contributed by atoms with Crippen LogP contribution in [0.5, 0.6) is 5.75 Å². The van der Waals surface area contributed by atoms with Gasteiger partial charge in [-0.15, -0.1) is 5.10 Å². The molecule has 0 aliphatic carbocycles. The molecular weight excluding hydrogens is 310 g/mol. The summed E-state index contributed by atoms with van der Waals surface area (Å²) in [6, 6.07) is 17.6. The van der Waals surface area contributed by atoms with Gasteiger partial charge in [0.15, 0.2) is 5.17 Å². The average molecular weight is 325 g/mol. The molecule has 0 saturated carbocycles. The minimum absolute atomic E-state index is 0.0414. The van der Waals surface area contributed by atoms with Crippen LogP contribution in [0.25, 0.3) is 0 Å². The van der Waals surface area contributed by atoms with Crippen molar-refractivity contribution in [3.63, 3.8) is 0 Å². The summed E-state index contributed by atoms with van der Waals surface area (Å²) >= 11 is 1.35. The zero-order chi connectivity index (χ0) is 15.9. The first-order chi connectivity index (χ1) is 11.3. The Morgan fingerprint density at radius 2 is 2.04 bits per heavy atom. The van der Waals surface area contributed by atoms with Crippen LogP contribution in [0.1, 0.15) is 11.1 Å². The predicted molar refractivity (Wildman–Crippen MR) is 92.8 cm³/mol. The molecule has 0 atom stereocenters. The summed E-state index contributed by atoms with van der Waals surface area (Å²) in [6.07, 6.45) is 1.63. The molecule has 6 heteroatoms. The lowest BCUT2D eigenvalue weighted by atomic mass is 10.2. The van der Waals surface area contributed by atoms with E-state index < -0.39 is 0 Å². The summed E-state index contributed by atoms with van der Waals surface area (Å²) < 4.78 is 5.77. The van der Waals surface area contributed by atoms with E-state index in [0.717, 1.165) is 16.9 Å². The first-order valence-corrected chi connectivity index (χ1v) is 8.08. The van der Waals surface area contributed by atoms with Gasteiger partial charge in [0.05, 0.1) is 12.0 Å². The van der Waals surface area contributed by atoms with Crippen LogP contribution in [0.3, 0.4) is 0 Å². The third-order valence-corrected chi connectivity index (χ3v) is 3.91. The van der Waals surface area contributed by atoms with Crippen LogP contribution in [-0.2, 0) is 11.4 Å². The minimum Gasteiger partial charge on any atom is -0.489 e. The molecule has 3 rings (SSSR count). The van der Waals surface area contributed by atoms with E-state index in [0.29, 0.717) is 17.5 Å². The molecule has 2 aromatic carbocycles. The highest BCUT2D eigenvalue weighted by Crippen LogP contribution is 2.14. The van der Waals surface area contributed by atoms with Crippen molar-refractivity contribution in [2.24, 2.45) is 10.2 Å². The van der Waals surface area contributed by atoms with Crippen molar-refractivity contribution < 1.29 is 9.53 Å². The van der Waals surface area contributed by atoms with Crippen molar-refractivity contribution in [1.29, 1.82) is 0 Å². The normalized spacial score (nSPS) is 16.0. The molecule has 0 unspecified atom stereocenters. The van der Waals surface area contributed by atoms with Crippen LogP contribution >= 0.6 is 11.8 Å². The van der Waals surface area contributed by atoms with Crippen molar-refractivity contribution in [2.75, 3.05) is 5.75 Å². The molecule has 0 aromatic heterocycles. The van der Waals surface area contributed by atoms with E-state index in [1.165, 1.54) is 11.8 Å². The van der Waals surface area contributed by atoms with E-state index in [2.05, 4.69) is 15.5 Å². The van der Waals surface area contributed by atoms with Gasteiger partial charge in [-0.1, -0.05) is 54.2 Å². The Morgan fingerprint density at radius 3 is 2.83 bits per heavy atom. The van der Waals surface area contributed by atoms with Crippen LogP contribution < -0.4 is 10.1 Å². The average Bonchev–Trinajstić information content (AvgIpc) is 3.00. The molecule has 0 spiro atoms. The van der Waals surface area contributed by atoms with Crippen LogP contribution in [0, 0.1) is 0 Å². The SMILES string of the molecule is O=C1CS/C(=N/N=C\c2cccc(OCc3ccccc3)c2)N1. The highest BCUT2D eigenvalue weighted by atomic mass is 32.2. The van der Waals surface area contributed by atoms with Gasteiger partial charge in [0, 0.05) is 0 Å². The van der Waals surface area contributed by atoms with Gasteiger partial charge in [0.25, 0.3) is 0 Å². The van der Waals surface area contributed by atoms with Crippen molar-refractivity contribution in [1.82, 2.24) is 5.32 Å². The van der Waals surface area contributed by atoms with Crippen molar-refractivity contribution in [3.05, 3.63) is 65.7 Å². The molecule has 0 radical (unpaired) electrons. The number of nitrogens with one attached hydrogen (secondary N) is 1. The van der Waals surface area contributed by atoms with Crippen molar-refractivity contribution in [2.45, 2.75) is 6.61 Å². The molecule has 1 heterocycles. The maximum Gasteiger partial charge on any atom is 0.236 e. The molecule has 1 N–H and O–H groups in total. The van der Waals surface area contributed by atoms with Gasteiger partial charge < -0.3 is 10.1 Å². The topological polar surface area (TPSA) is 63.0 Å². The third-order valence-electron chi connectivity index (χ3n) is 3.05. The van der Waals surface area contributed by atoms with E-state index in [4.69, 9.17) is 4.74 Å². The van der Waals surface area contributed by atoms with E-state index in [9.17, 15) is 4.79 Å². The van der Waals surface area contributed by atoms with Crippen molar-refractivity contribution in [3.8, 4) is 5.75 Å². The van der Waals surface area contributed by atoms with Gasteiger partial charge >= 0.3 is 0 Å². The van der Waals surface area contributed by atoms with E-state index in [-0.39, 0.29) is 5.91 Å². The highest BCUT2D eigenvalue weighted by Gasteiger charge is 2.15. The van der Waals surface area contributed by atoms with Gasteiger partial charge in [-0.2, -0.15) is 5.10 Å². The molecule has 1 saturated heterocycles. The number of hydrogen-bond acceptors (Lipinski definition) is 5. The summed E-state index contributed by atoms with van der Waals surface area (Å²) in [5.74, 6) is 1.13. The summed E-state index contributed by atoms with van der Waals surface area (Å²) in [4.78, 5) is 11.0. The van der Waals surface area contributed by atoms with Gasteiger partial charge in [-0.3, -0.25) is 4.79 Å². The minimum atomic E-state index is -0.0414. The Labute approximate surface area is 138 Å². The highest BCUT2D eigenvalue weighted by molar-refractivity contribution is 8.15. The number of benzene rings is 2. The maximum absolute atomic E-state index is 11.0. The third kappa shape index (κ3) is 4.69. The number of carbonyl (C=O) groups is 1. The second-order valence-electron chi connectivity index (χ2n) is 4.83. The predicted octanol–water partition coefficient (Wildman–Crippen LogP) is 2.82. The smallest absolute Gasteiger partial charge is 0.236 e. The molecule has 0 bridgehead atoms. The van der Waals surface area contributed by atoms with Gasteiger partial charge in [-0.25, -0.2) is 0 Å².